The Morgan fingerprint density at radius 2 is 2.12 bits per heavy atom. The first-order valence-electron chi connectivity index (χ1n) is 9.79. The summed E-state index contributed by atoms with van der Waals surface area (Å²) in [5, 5.41) is 19.2. The van der Waals surface area contributed by atoms with Crippen molar-refractivity contribution in [3.8, 4) is 0 Å². The molecule has 4 nitrogen and oxygen atoms in total. The highest BCUT2D eigenvalue weighted by Gasteiger charge is 2.42. The number of aromatic amines is 1. The Hall–Kier alpha value is -1.39. The lowest BCUT2D eigenvalue weighted by Gasteiger charge is -2.28. The molecule has 2 N–H and O–H groups in total. The number of aliphatic hydroxyl groups excluding tert-OH is 1. The van der Waals surface area contributed by atoms with Crippen LogP contribution in [0.25, 0.3) is 10.9 Å². The minimum absolute atomic E-state index is 0.0707. The quantitative estimate of drug-likeness (QED) is 0.887. The Kier molecular flexibility index (Phi) is 4.37. The molecule has 4 rings (SSSR count). The van der Waals surface area contributed by atoms with E-state index in [4.69, 9.17) is 0 Å². The number of benzene rings is 1. The van der Waals surface area contributed by atoms with Crippen LogP contribution in [0, 0.1) is 11.3 Å². The minimum atomic E-state index is -0.0707. The number of H-pyrrole nitrogens is 1. The van der Waals surface area contributed by atoms with Gasteiger partial charge in [0.15, 0.2) is 0 Å². The van der Waals surface area contributed by atoms with Gasteiger partial charge in [-0.1, -0.05) is 38.8 Å². The summed E-state index contributed by atoms with van der Waals surface area (Å²) in [7, 11) is 2.14. The zero-order chi connectivity index (χ0) is 17.6. The van der Waals surface area contributed by atoms with Crippen LogP contribution in [0.15, 0.2) is 18.2 Å². The molecule has 4 heteroatoms. The smallest absolute Gasteiger partial charge is 0.0926 e. The van der Waals surface area contributed by atoms with Crippen molar-refractivity contribution >= 4 is 10.9 Å². The molecule has 2 heterocycles. The van der Waals surface area contributed by atoms with Crippen molar-refractivity contribution in [2.45, 2.75) is 51.4 Å². The first kappa shape index (κ1) is 17.0. The maximum atomic E-state index is 9.94. The molecule has 1 aromatic carbocycles. The van der Waals surface area contributed by atoms with Gasteiger partial charge >= 0.3 is 0 Å². The predicted molar refractivity (Wildman–Crippen MR) is 102 cm³/mol. The number of likely N-dealkylation sites (tertiary alicyclic amines) is 1. The molecule has 2 aromatic rings. The molecule has 0 amide bonds. The van der Waals surface area contributed by atoms with Gasteiger partial charge in [0, 0.05) is 41.4 Å². The molecule has 0 spiro atoms. The zero-order valence-electron chi connectivity index (χ0n) is 15.8. The molecule has 1 aromatic heterocycles. The molecule has 136 valence electrons. The highest BCUT2D eigenvalue weighted by atomic mass is 16.3. The van der Waals surface area contributed by atoms with Crippen LogP contribution in [0.5, 0.6) is 0 Å². The van der Waals surface area contributed by atoms with Crippen LogP contribution in [0.2, 0.25) is 0 Å². The Bertz CT molecular complexity index is 749. The standard InChI is InChI=1S/C21H31N3O/c1-14(15-6-4-5-7-15)20-17-9-8-16(10-19(17)22-23-20)18-11-24(3)12-21(18,2)13-25/h8-10,14-15,18,25H,4-7,11-13H2,1-3H3,(H,22,23)/t14?,18-,21-/m0/s1. The third kappa shape index (κ3) is 2.89. The fraction of sp³-hybridized carbons (Fsp3) is 0.667. The average Bonchev–Trinajstić information content (AvgIpc) is 3.32. The van der Waals surface area contributed by atoms with Gasteiger partial charge < -0.3 is 10.0 Å². The molecule has 1 saturated heterocycles. The van der Waals surface area contributed by atoms with Gasteiger partial charge in [0.1, 0.15) is 0 Å². The monoisotopic (exact) mass is 341 g/mol. The van der Waals surface area contributed by atoms with Crippen LogP contribution >= 0.6 is 0 Å². The van der Waals surface area contributed by atoms with E-state index in [-0.39, 0.29) is 12.0 Å². The molecular weight excluding hydrogens is 310 g/mol. The van der Waals surface area contributed by atoms with Crippen LogP contribution in [-0.4, -0.2) is 46.9 Å². The molecule has 1 aliphatic carbocycles. The summed E-state index contributed by atoms with van der Waals surface area (Å²) in [6, 6.07) is 6.76. The van der Waals surface area contributed by atoms with Crippen LogP contribution in [0.4, 0.5) is 0 Å². The van der Waals surface area contributed by atoms with E-state index in [1.165, 1.54) is 42.3 Å². The second-order valence-electron chi connectivity index (χ2n) is 8.81. The number of hydrogen-bond acceptors (Lipinski definition) is 3. The Morgan fingerprint density at radius 1 is 1.36 bits per heavy atom. The Morgan fingerprint density at radius 3 is 2.84 bits per heavy atom. The number of aromatic nitrogens is 2. The lowest BCUT2D eigenvalue weighted by atomic mass is 9.76. The van der Waals surface area contributed by atoms with Crippen molar-refractivity contribution < 1.29 is 5.11 Å². The third-order valence-corrected chi connectivity index (χ3v) is 6.90. The van der Waals surface area contributed by atoms with E-state index in [9.17, 15) is 5.11 Å². The van der Waals surface area contributed by atoms with E-state index in [0.717, 1.165) is 24.5 Å². The van der Waals surface area contributed by atoms with E-state index in [2.05, 4.69) is 54.2 Å². The Balaban J connectivity index is 1.66. The number of likely N-dealkylation sites (N-methyl/N-ethyl adjacent to an activating group) is 1. The van der Waals surface area contributed by atoms with Gasteiger partial charge in [-0.3, -0.25) is 5.10 Å². The maximum absolute atomic E-state index is 9.94. The number of fused-ring (bicyclic) bond motifs is 1. The number of nitrogens with one attached hydrogen (secondary N) is 1. The lowest BCUT2D eigenvalue weighted by Crippen LogP contribution is -2.29. The summed E-state index contributed by atoms with van der Waals surface area (Å²) in [6.07, 6.45) is 5.45. The highest BCUT2D eigenvalue weighted by molar-refractivity contribution is 5.82. The van der Waals surface area contributed by atoms with E-state index < -0.39 is 0 Å². The fourth-order valence-corrected chi connectivity index (χ4v) is 5.30. The van der Waals surface area contributed by atoms with E-state index in [1.54, 1.807) is 0 Å². The molecule has 0 bridgehead atoms. The van der Waals surface area contributed by atoms with Gasteiger partial charge in [-0.05, 0) is 37.4 Å². The summed E-state index contributed by atoms with van der Waals surface area (Å²) in [6.45, 7) is 6.72. The van der Waals surface area contributed by atoms with E-state index >= 15 is 0 Å². The van der Waals surface area contributed by atoms with E-state index in [0.29, 0.717) is 11.8 Å². The average molecular weight is 341 g/mol. The number of rotatable bonds is 4. The largest absolute Gasteiger partial charge is 0.396 e. The minimum Gasteiger partial charge on any atom is -0.396 e. The van der Waals surface area contributed by atoms with Gasteiger partial charge in [0.05, 0.1) is 12.1 Å². The van der Waals surface area contributed by atoms with Crippen LogP contribution in [0.3, 0.4) is 0 Å². The SMILES string of the molecule is CC(c1[nH]nc2cc([C@@H]3CN(C)C[C@@]3(C)CO)ccc12)C1CCCC1. The third-order valence-electron chi connectivity index (χ3n) is 6.90. The topological polar surface area (TPSA) is 52.2 Å². The molecule has 1 saturated carbocycles. The second-order valence-corrected chi connectivity index (χ2v) is 8.81. The number of hydrogen-bond donors (Lipinski definition) is 2. The number of nitrogens with zero attached hydrogens (tertiary/aromatic N) is 2. The van der Waals surface area contributed by atoms with Crippen molar-refractivity contribution in [3.63, 3.8) is 0 Å². The molecular formula is C21H31N3O. The molecule has 0 radical (unpaired) electrons. The van der Waals surface area contributed by atoms with Crippen molar-refractivity contribution in [2.24, 2.45) is 11.3 Å². The predicted octanol–water partition coefficient (Wildman–Crippen LogP) is 3.88. The van der Waals surface area contributed by atoms with Gasteiger partial charge in [-0.15, -0.1) is 0 Å². The van der Waals surface area contributed by atoms with Crippen LogP contribution < -0.4 is 0 Å². The van der Waals surface area contributed by atoms with Gasteiger partial charge in [-0.25, -0.2) is 0 Å². The highest BCUT2D eigenvalue weighted by Crippen LogP contribution is 2.43. The number of aliphatic hydroxyl groups is 1. The van der Waals surface area contributed by atoms with Crippen molar-refractivity contribution in [1.29, 1.82) is 0 Å². The molecule has 2 fully saturated rings. The van der Waals surface area contributed by atoms with Crippen LogP contribution in [0.1, 0.15) is 62.6 Å². The van der Waals surface area contributed by atoms with Crippen molar-refractivity contribution in [2.75, 3.05) is 26.7 Å². The normalized spacial score (nSPS) is 29.7. The molecule has 2 aliphatic rings. The van der Waals surface area contributed by atoms with E-state index in [1.807, 2.05) is 0 Å². The summed E-state index contributed by atoms with van der Waals surface area (Å²) in [5.74, 6) is 1.71. The molecule has 1 unspecified atom stereocenters. The van der Waals surface area contributed by atoms with Crippen molar-refractivity contribution in [1.82, 2.24) is 15.1 Å². The fourth-order valence-electron chi connectivity index (χ4n) is 5.30. The lowest BCUT2D eigenvalue weighted by molar-refractivity contribution is 0.136. The van der Waals surface area contributed by atoms with Gasteiger partial charge in [-0.2, -0.15) is 5.10 Å². The first-order valence-corrected chi connectivity index (χ1v) is 9.79. The summed E-state index contributed by atoms with van der Waals surface area (Å²) >= 11 is 0. The molecule has 1 aliphatic heterocycles. The van der Waals surface area contributed by atoms with Crippen LogP contribution in [-0.2, 0) is 0 Å². The Labute approximate surface area is 150 Å². The zero-order valence-corrected chi connectivity index (χ0v) is 15.8. The van der Waals surface area contributed by atoms with Gasteiger partial charge in [0.2, 0.25) is 0 Å². The summed E-state index contributed by atoms with van der Waals surface area (Å²) < 4.78 is 0. The maximum Gasteiger partial charge on any atom is 0.0926 e. The van der Waals surface area contributed by atoms with Crippen molar-refractivity contribution in [3.05, 3.63) is 29.5 Å². The molecule has 3 atom stereocenters. The first-order chi connectivity index (χ1) is 12.0. The summed E-state index contributed by atoms with van der Waals surface area (Å²) in [5.41, 5.74) is 3.62. The molecule has 25 heavy (non-hydrogen) atoms. The van der Waals surface area contributed by atoms with Gasteiger partial charge in [0.25, 0.3) is 0 Å². The summed E-state index contributed by atoms with van der Waals surface area (Å²) in [4.78, 5) is 2.32. The second kappa shape index (κ2) is 6.40.